The molecule has 1 aliphatic carbocycles. The summed E-state index contributed by atoms with van der Waals surface area (Å²) in [6.07, 6.45) is 4.25. The van der Waals surface area contributed by atoms with E-state index in [1.165, 1.54) is 24.0 Å². The first-order valence-corrected chi connectivity index (χ1v) is 6.32. The average molecular weight is 217 g/mol. The van der Waals surface area contributed by atoms with Crippen molar-refractivity contribution >= 4 is 0 Å². The van der Waals surface area contributed by atoms with Gasteiger partial charge in [0, 0.05) is 19.1 Å². The number of fused-ring (bicyclic) bond motifs is 1. The van der Waals surface area contributed by atoms with Crippen LogP contribution in [-0.4, -0.2) is 28.7 Å². The largest absolute Gasteiger partial charge is 0.393 e. The lowest BCUT2D eigenvalue weighted by atomic mass is 9.98. The van der Waals surface area contributed by atoms with E-state index >= 15 is 0 Å². The maximum absolute atomic E-state index is 9.60. The Hall–Kier alpha value is -0.860. The number of rotatable bonds is 1. The number of aliphatic hydroxyl groups excluding tert-OH is 1. The highest BCUT2D eigenvalue weighted by Crippen LogP contribution is 2.28. The lowest BCUT2D eigenvalue weighted by Gasteiger charge is -2.33. The van der Waals surface area contributed by atoms with Gasteiger partial charge in [-0.05, 0) is 36.8 Å². The van der Waals surface area contributed by atoms with Crippen LogP contribution >= 0.6 is 0 Å². The van der Waals surface area contributed by atoms with Gasteiger partial charge in [0.25, 0.3) is 0 Å². The van der Waals surface area contributed by atoms with Gasteiger partial charge in [-0.2, -0.15) is 0 Å². The summed E-state index contributed by atoms with van der Waals surface area (Å²) in [6.45, 7) is 2.24. The smallest absolute Gasteiger partial charge is 0.0555 e. The molecule has 0 bridgehead atoms. The van der Waals surface area contributed by atoms with Crippen LogP contribution in [-0.2, 0) is 13.0 Å². The van der Waals surface area contributed by atoms with E-state index in [2.05, 4.69) is 29.2 Å². The van der Waals surface area contributed by atoms with Gasteiger partial charge in [-0.15, -0.1) is 0 Å². The normalized spacial score (nSPS) is 30.3. The summed E-state index contributed by atoms with van der Waals surface area (Å²) < 4.78 is 0. The zero-order chi connectivity index (χ0) is 11.0. The molecule has 16 heavy (non-hydrogen) atoms. The van der Waals surface area contributed by atoms with Gasteiger partial charge < -0.3 is 5.11 Å². The molecule has 86 valence electrons. The van der Waals surface area contributed by atoms with E-state index in [4.69, 9.17) is 0 Å². The third kappa shape index (κ3) is 1.87. The molecule has 0 saturated heterocycles. The van der Waals surface area contributed by atoms with Crippen LogP contribution in [0.4, 0.5) is 0 Å². The molecule has 1 saturated carbocycles. The van der Waals surface area contributed by atoms with Gasteiger partial charge in [0.1, 0.15) is 0 Å². The average Bonchev–Trinajstić information content (AvgIpc) is 2.75. The minimum absolute atomic E-state index is 0.0535. The van der Waals surface area contributed by atoms with Crippen molar-refractivity contribution in [2.45, 2.75) is 44.4 Å². The van der Waals surface area contributed by atoms with E-state index < -0.39 is 0 Å². The van der Waals surface area contributed by atoms with Gasteiger partial charge in [-0.3, -0.25) is 4.90 Å². The summed E-state index contributed by atoms with van der Waals surface area (Å²) in [6, 6.07) is 9.37. The third-order valence-corrected chi connectivity index (χ3v) is 4.05. The number of benzene rings is 1. The minimum Gasteiger partial charge on any atom is -0.393 e. The maximum Gasteiger partial charge on any atom is 0.0555 e. The first-order chi connectivity index (χ1) is 7.83. The molecule has 0 aromatic heterocycles. The Morgan fingerprint density at radius 2 is 1.94 bits per heavy atom. The lowest BCUT2D eigenvalue weighted by molar-refractivity contribution is 0.143. The van der Waals surface area contributed by atoms with Crippen LogP contribution in [0.15, 0.2) is 24.3 Å². The summed E-state index contributed by atoms with van der Waals surface area (Å²) in [7, 11) is 0. The molecule has 1 fully saturated rings. The van der Waals surface area contributed by atoms with Crippen LogP contribution < -0.4 is 0 Å². The molecule has 2 atom stereocenters. The van der Waals surface area contributed by atoms with Crippen LogP contribution in [0.25, 0.3) is 0 Å². The fraction of sp³-hybridized carbons (Fsp3) is 0.571. The van der Waals surface area contributed by atoms with Gasteiger partial charge in [-0.1, -0.05) is 24.3 Å². The van der Waals surface area contributed by atoms with E-state index in [0.717, 1.165) is 25.9 Å². The molecule has 1 aromatic carbocycles. The highest BCUT2D eigenvalue weighted by Gasteiger charge is 2.29. The molecule has 1 N–H and O–H groups in total. The number of aliphatic hydroxyl groups is 1. The summed E-state index contributed by atoms with van der Waals surface area (Å²) in [5.74, 6) is 0. The second-order valence-corrected chi connectivity index (χ2v) is 5.11. The summed E-state index contributed by atoms with van der Waals surface area (Å²) >= 11 is 0. The molecule has 1 heterocycles. The van der Waals surface area contributed by atoms with Crippen LogP contribution in [0, 0.1) is 0 Å². The minimum atomic E-state index is -0.0535. The molecule has 0 unspecified atom stereocenters. The first kappa shape index (κ1) is 10.3. The van der Waals surface area contributed by atoms with Crippen LogP contribution in [0.5, 0.6) is 0 Å². The molecule has 1 aliphatic heterocycles. The van der Waals surface area contributed by atoms with Crippen molar-refractivity contribution in [2.75, 3.05) is 6.54 Å². The molecule has 0 spiro atoms. The Bertz CT molecular complexity index is 377. The molecular formula is C14H19NO. The Kier molecular flexibility index (Phi) is 2.70. The zero-order valence-electron chi connectivity index (χ0n) is 9.60. The van der Waals surface area contributed by atoms with E-state index in [9.17, 15) is 5.11 Å². The standard InChI is InChI=1S/C14H19NO/c16-14-6-5-13(9-14)15-8-7-11-3-1-2-4-12(11)10-15/h1-4,13-14,16H,5-10H2/t13-,14-/m1/s1. The van der Waals surface area contributed by atoms with Gasteiger partial charge >= 0.3 is 0 Å². The highest BCUT2D eigenvalue weighted by molar-refractivity contribution is 5.29. The summed E-state index contributed by atoms with van der Waals surface area (Å²) in [5, 5.41) is 9.60. The van der Waals surface area contributed by atoms with Crippen molar-refractivity contribution < 1.29 is 5.11 Å². The SMILES string of the molecule is O[C@@H]1CC[C@@H](N2CCc3ccccc3C2)C1. The highest BCUT2D eigenvalue weighted by atomic mass is 16.3. The Morgan fingerprint density at radius 1 is 1.12 bits per heavy atom. The Balaban J connectivity index is 1.73. The van der Waals surface area contributed by atoms with Gasteiger partial charge in [0.05, 0.1) is 6.10 Å². The molecule has 0 amide bonds. The topological polar surface area (TPSA) is 23.5 Å². The van der Waals surface area contributed by atoms with E-state index in [1.54, 1.807) is 0 Å². The summed E-state index contributed by atoms with van der Waals surface area (Å²) in [5.41, 5.74) is 2.99. The zero-order valence-corrected chi connectivity index (χ0v) is 9.60. The summed E-state index contributed by atoms with van der Waals surface area (Å²) in [4.78, 5) is 2.55. The van der Waals surface area contributed by atoms with Crippen molar-refractivity contribution in [3.05, 3.63) is 35.4 Å². The van der Waals surface area contributed by atoms with Crippen molar-refractivity contribution in [1.82, 2.24) is 4.90 Å². The predicted molar refractivity (Wildman–Crippen MR) is 64.2 cm³/mol. The molecule has 2 aliphatic rings. The Morgan fingerprint density at radius 3 is 2.69 bits per heavy atom. The van der Waals surface area contributed by atoms with Crippen LogP contribution in [0.2, 0.25) is 0 Å². The monoisotopic (exact) mass is 217 g/mol. The third-order valence-electron chi connectivity index (χ3n) is 4.05. The van der Waals surface area contributed by atoms with Crippen molar-refractivity contribution in [2.24, 2.45) is 0 Å². The van der Waals surface area contributed by atoms with Crippen molar-refractivity contribution in [3.63, 3.8) is 0 Å². The van der Waals surface area contributed by atoms with E-state index in [0.29, 0.717) is 6.04 Å². The second kappa shape index (κ2) is 4.19. The lowest BCUT2D eigenvalue weighted by Crippen LogP contribution is -2.38. The van der Waals surface area contributed by atoms with Crippen LogP contribution in [0.1, 0.15) is 30.4 Å². The van der Waals surface area contributed by atoms with Gasteiger partial charge in [0.2, 0.25) is 0 Å². The maximum atomic E-state index is 9.60. The van der Waals surface area contributed by atoms with Crippen molar-refractivity contribution in [1.29, 1.82) is 0 Å². The fourth-order valence-electron chi connectivity index (χ4n) is 3.10. The van der Waals surface area contributed by atoms with Gasteiger partial charge in [0.15, 0.2) is 0 Å². The molecule has 2 nitrogen and oxygen atoms in total. The molecule has 2 heteroatoms. The number of nitrogens with zero attached hydrogens (tertiary/aromatic N) is 1. The second-order valence-electron chi connectivity index (χ2n) is 5.11. The molecular weight excluding hydrogens is 198 g/mol. The molecule has 3 rings (SSSR count). The first-order valence-electron chi connectivity index (χ1n) is 6.32. The van der Waals surface area contributed by atoms with E-state index in [1.807, 2.05) is 0 Å². The fourth-order valence-corrected chi connectivity index (χ4v) is 3.10. The Labute approximate surface area is 96.9 Å². The molecule has 1 aromatic rings. The quantitative estimate of drug-likeness (QED) is 0.777. The van der Waals surface area contributed by atoms with Crippen LogP contribution in [0.3, 0.4) is 0 Å². The number of hydrogen-bond donors (Lipinski definition) is 1. The number of hydrogen-bond acceptors (Lipinski definition) is 2. The predicted octanol–water partition coefficient (Wildman–Crippen LogP) is 1.96. The van der Waals surface area contributed by atoms with E-state index in [-0.39, 0.29) is 6.10 Å². The van der Waals surface area contributed by atoms with Gasteiger partial charge in [-0.25, -0.2) is 0 Å². The molecule has 0 radical (unpaired) electrons. The van der Waals surface area contributed by atoms with Crippen molar-refractivity contribution in [3.8, 4) is 0 Å².